The van der Waals surface area contributed by atoms with Gasteiger partial charge in [0.25, 0.3) is 0 Å². The second-order valence-electron chi connectivity index (χ2n) is 5.16. The summed E-state index contributed by atoms with van der Waals surface area (Å²) in [6, 6.07) is 10.1. The first-order valence-corrected chi connectivity index (χ1v) is 5.69. The minimum absolute atomic E-state index is 0. The number of benzene rings is 1. The lowest BCUT2D eigenvalue weighted by atomic mass is 10.1. The summed E-state index contributed by atoms with van der Waals surface area (Å²) in [5, 5.41) is 1.14. The second kappa shape index (κ2) is 6.17. The zero-order valence-corrected chi connectivity index (χ0v) is 13.1. The third kappa shape index (κ3) is 4.28. The molecule has 0 saturated heterocycles. The van der Waals surface area contributed by atoms with Crippen LogP contribution in [0.4, 0.5) is 0 Å². The maximum atomic E-state index is 4.29. The number of halogens is 1. The molecule has 2 aromatic rings. The molecule has 3 heteroatoms. The molecule has 0 fully saturated rings. The Morgan fingerprint density at radius 2 is 1.94 bits per heavy atom. The molecule has 0 aliphatic carbocycles. The van der Waals surface area contributed by atoms with Crippen LogP contribution >= 0.6 is 0 Å². The van der Waals surface area contributed by atoms with Gasteiger partial charge in [0.1, 0.15) is 6.54 Å². The van der Waals surface area contributed by atoms with E-state index >= 15 is 0 Å². The molecule has 94 valence electrons. The Morgan fingerprint density at radius 3 is 2.67 bits per heavy atom. The third-order valence-corrected chi connectivity index (χ3v) is 2.39. The summed E-state index contributed by atoms with van der Waals surface area (Å²) in [4.78, 5) is 4.29. The minimum atomic E-state index is 0. The summed E-state index contributed by atoms with van der Waals surface area (Å²) in [5.41, 5.74) is 2.07. The lowest BCUT2D eigenvalue weighted by molar-refractivity contribution is -0.862. The van der Waals surface area contributed by atoms with Crippen molar-refractivity contribution >= 4 is 10.9 Å². The number of fused-ring (bicyclic) bond motifs is 1. The quantitative estimate of drug-likeness (QED) is 0.376. The number of hydrogen-bond acceptors (Lipinski definition) is 1. The molecule has 2 rings (SSSR count). The van der Waals surface area contributed by atoms with Crippen molar-refractivity contribution < 1.29 is 28.5 Å². The predicted molar refractivity (Wildman–Crippen MR) is 71.5 cm³/mol. The van der Waals surface area contributed by atoms with Crippen molar-refractivity contribution in [3.63, 3.8) is 0 Å². The Kier molecular flexibility index (Phi) is 5.12. The summed E-state index contributed by atoms with van der Waals surface area (Å²) in [6.07, 6.45) is 1.81. The topological polar surface area (TPSA) is 12.9 Å². The third-order valence-electron chi connectivity index (χ3n) is 2.39. The molecular weight excluding hydrogens is 335 g/mol. The number of nitrogens with zero attached hydrogens (tertiary/aromatic N) is 2. The monoisotopic (exact) mass is 352 g/mol. The Bertz CT molecular complexity index is 588. The summed E-state index contributed by atoms with van der Waals surface area (Å²) in [6.45, 7) is 0.852. The van der Waals surface area contributed by atoms with E-state index in [1.54, 1.807) is 0 Å². The van der Waals surface area contributed by atoms with Crippen LogP contribution in [0, 0.1) is 11.8 Å². The van der Waals surface area contributed by atoms with Crippen LogP contribution in [-0.2, 0) is 0 Å². The van der Waals surface area contributed by atoms with Crippen LogP contribution in [0.5, 0.6) is 0 Å². The summed E-state index contributed by atoms with van der Waals surface area (Å²) < 4.78 is 0.863. The number of pyridine rings is 1. The molecule has 0 aliphatic heterocycles. The van der Waals surface area contributed by atoms with Crippen molar-refractivity contribution in [2.24, 2.45) is 0 Å². The average molecular weight is 352 g/mol. The SMILES string of the molecule is C[N+](C)(C)CC#Cc1ccc2ncccc2c1.[I-]. The Labute approximate surface area is 126 Å². The van der Waals surface area contributed by atoms with Gasteiger partial charge in [-0.05, 0) is 30.2 Å². The maximum absolute atomic E-state index is 4.29. The molecule has 0 unspecified atom stereocenters. The Hall–Kier alpha value is -1.12. The highest BCUT2D eigenvalue weighted by Crippen LogP contribution is 2.12. The van der Waals surface area contributed by atoms with Crippen LogP contribution in [-0.4, -0.2) is 37.2 Å². The highest BCUT2D eigenvalue weighted by molar-refractivity contribution is 5.79. The van der Waals surface area contributed by atoms with Crippen molar-refractivity contribution in [2.75, 3.05) is 27.7 Å². The normalized spacial score (nSPS) is 10.4. The fourth-order valence-corrected chi connectivity index (χ4v) is 1.53. The summed E-state index contributed by atoms with van der Waals surface area (Å²) in [5.74, 6) is 6.41. The number of hydrogen-bond donors (Lipinski definition) is 0. The van der Waals surface area contributed by atoms with E-state index in [4.69, 9.17) is 0 Å². The van der Waals surface area contributed by atoms with Gasteiger partial charge in [0.2, 0.25) is 0 Å². The van der Waals surface area contributed by atoms with E-state index in [0.717, 1.165) is 27.5 Å². The van der Waals surface area contributed by atoms with Crippen LogP contribution in [0.2, 0.25) is 0 Å². The molecule has 0 radical (unpaired) electrons. The van der Waals surface area contributed by atoms with Gasteiger partial charge in [-0.15, -0.1) is 0 Å². The van der Waals surface area contributed by atoms with Crippen LogP contribution in [0.3, 0.4) is 0 Å². The molecule has 0 saturated carbocycles. The Balaban J connectivity index is 0.00000162. The van der Waals surface area contributed by atoms with Crippen LogP contribution in [0.1, 0.15) is 5.56 Å². The first kappa shape index (κ1) is 14.9. The van der Waals surface area contributed by atoms with E-state index in [2.05, 4.69) is 50.1 Å². The van der Waals surface area contributed by atoms with Crippen LogP contribution in [0.25, 0.3) is 10.9 Å². The molecule has 0 bridgehead atoms. The zero-order valence-electron chi connectivity index (χ0n) is 10.9. The molecule has 0 amide bonds. The molecule has 0 aliphatic rings. The van der Waals surface area contributed by atoms with E-state index in [1.807, 2.05) is 24.4 Å². The highest BCUT2D eigenvalue weighted by Gasteiger charge is 2.01. The van der Waals surface area contributed by atoms with Crippen molar-refractivity contribution in [2.45, 2.75) is 0 Å². The van der Waals surface area contributed by atoms with Gasteiger partial charge in [-0.3, -0.25) is 4.98 Å². The standard InChI is InChI=1S/C15H17N2.HI/c1-17(2,3)11-5-6-13-8-9-15-14(12-13)7-4-10-16-15;/h4,7-10,12H,11H2,1-3H3;1H/q+1;/p-1. The molecule has 1 aromatic carbocycles. The molecule has 1 aromatic heterocycles. The van der Waals surface area contributed by atoms with E-state index in [0.29, 0.717) is 0 Å². The van der Waals surface area contributed by atoms with Crippen molar-refractivity contribution in [3.8, 4) is 11.8 Å². The van der Waals surface area contributed by atoms with Gasteiger partial charge in [-0.25, -0.2) is 0 Å². The number of rotatable bonds is 1. The van der Waals surface area contributed by atoms with Gasteiger partial charge < -0.3 is 28.5 Å². The lowest BCUT2D eigenvalue weighted by Crippen LogP contribution is -3.00. The molecule has 2 nitrogen and oxygen atoms in total. The summed E-state index contributed by atoms with van der Waals surface area (Å²) in [7, 11) is 6.41. The van der Waals surface area contributed by atoms with Gasteiger partial charge in [-0.2, -0.15) is 0 Å². The molecule has 1 heterocycles. The molecule has 0 atom stereocenters. The van der Waals surface area contributed by atoms with E-state index in [-0.39, 0.29) is 24.0 Å². The fraction of sp³-hybridized carbons (Fsp3) is 0.267. The Morgan fingerprint density at radius 1 is 1.17 bits per heavy atom. The zero-order chi connectivity index (χ0) is 12.3. The van der Waals surface area contributed by atoms with Gasteiger partial charge in [0, 0.05) is 17.1 Å². The minimum Gasteiger partial charge on any atom is -1.00 e. The van der Waals surface area contributed by atoms with E-state index in [1.165, 1.54) is 0 Å². The summed E-state index contributed by atoms with van der Waals surface area (Å²) >= 11 is 0. The first-order chi connectivity index (χ1) is 8.04. The van der Waals surface area contributed by atoms with Gasteiger partial charge >= 0.3 is 0 Å². The number of quaternary nitrogens is 1. The van der Waals surface area contributed by atoms with Crippen LogP contribution < -0.4 is 24.0 Å². The second-order valence-corrected chi connectivity index (χ2v) is 5.16. The van der Waals surface area contributed by atoms with Gasteiger partial charge in [0.15, 0.2) is 0 Å². The molecule has 18 heavy (non-hydrogen) atoms. The largest absolute Gasteiger partial charge is 1.00 e. The van der Waals surface area contributed by atoms with E-state index < -0.39 is 0 Å². The van der Waals surface area contributed by atoms with E-state index in [9.17, 15) is 0 Å². The number of aromatic nitrogens is 1. The van der Waals surface area contributed by atoms with Gasteiger partial charge in [-0.1, -0.05) is 12.0 Å². The van der Waals surface area contributed by atoms with Crippen LogP contribution in [0.15, 0.2) is 36.5 Å². The first-order valence-electron chi connectivity index (χ1n) is 5.69. The van der Waals surface area contributed by atoms with Gasteiger partial charge in [0.05, 0.1) is 26.7 Å². The van der Waals surface area contributed by atoms with Crippen molar-refractivity contribution in [3.05, 3.63) is 42.1 Å². The average Bonchev–Trinajstić information content (AvgIpc) is 2.27. The lowest BCUT2D eigenvalue weighted by Gasteiger charge is -2.19. The fourth-order valence-electron chi connectivity index (χ4n) is 1.53. The highest BCUT2D eigenvalue weighted by atomic mass is 127. The van der Waals surface area contributed by atoms with Crippen molar-refractivity contribution in [1.29, 1.82) is 0 Å². The molecular formula is C15H17IN2. The maximum Gasteiger partial charge on any atom is 0.140 e. The molecule has 0 spiro atoms. The van der Waals surface area contributed by atoms with Crippen molar-refractivity contribution in [1.82, 2.24) is 4.98 Å². The predicted octanol–water partition coefficient (Wildman–Crippen LogP) is -0.703. The smallest absolute Gasteiger partial charge is 0.140 e. The molecule has 0 N–H and O–H groups in total.